The number of carbonyl (C=O) groups is 2. The van der Waals surface area contributed by atoms with E-state index in [9.17, 15) is 9.59 Å². The summed E-state index contributed by atoms with van der Waals surface area (Å²) >= 11 is 0. The van der Waals surface area contributed by atoms with Gasteiger partial charge >= 0.3 is 0 Å². The quantitative estimate of drug-likeness (QED) is 0.501. The van der Waals surface area contributed by atoms with Crippen LogP contribution in [-0.4, -0.2) is 17.9 Å². The van der Waals surface area contributed by atoms with Crippen LogP contribution < -0.4 is 16.4 Å². The summed E-state index contributed by atoms with van der Waals surface area (Å²) in [7, 11) is 0. The summed E-state index contributed by atoms with van der Waals surface area (Å²) in [5, 5.41) is 5.11. The number of nitrogens with two attached hydrogens (primary N) is 1. The van der Waals surface area contributed by atoms with Gasteiger partial charge in [0.2, 0.25) is 0 Å². The van der Waals surface area contributed by atoms with Crippen LogP contribution in [-0.2, 0) is 9.59 Å². The molecule has 1 aliphatic rings. The van der Waals surface area contributed by atoms with Crippen molar-refractivity contribution < 1.29 is 9.59 Å². The lowest BCUT2D eigenvalue weighted by molar-refractivity contribution is -0.125. The van der Waals surface area contributed by atoms with E-state index in [0.717, 1.165) is 0 Å². The number of benzene rings is 1. The fourth-order valence-electron chi connectivity index (χ4n) is 1.24. The molecule has 0 fully saturated rings. The van der Waals surface area contributed by atoms with E-state index in [2.05, 4.69) is 10.6 Å². The molecular weight excluding hydrogens is 182 g/mol. The Hall–Kier alpha value is -1.88. The van der Waals surface area contributed by atoms with Crippen molar-refractivity contribution in [3.05, 3.63) is 24.3 Å². The van der Waals surface area contributed by atoms with Crippen molar-refractivity contribution in [3.63, 3.8) is 0 Å². The van der Waals surface area contributed by atoms with Gasteiger partial charge in [0.25, 0.3) is 11.8 Å². The van der Waals surface area contributed by atoms with Crippen LogP contribution in [0, 0.1) is 0 Å². The molecule has 2 amide bonds. The summed E-state index contributed by atoms with van der Waals surface area (Å²) in [6.45, 7) is 0. The average Bonchev–Trinajstić information content (AvgIpc) is 2.28. The lowest BCUT2D eigenvalue weighted by atomic mass is 10.2. The minimum absolute atomic E-state index is 0.493. The standard InChI is InChI=1S/C9H9N3O2/c10-7-8(13)11-5-3-1-2-4-6(5)12-9(7)14/h1-4,7H,10H2,(H,11,13)(H,12,14). The van der Waals surface area contributed by atoms with Crippen LogP contribution in [0.4, 0.5) is 11.4 Å². The molecule has 0 atom stereocenters. The zero-order chi connectivity index (χ0) is 10.1. The predicted octanol–water partition coefficient (Wildman–Crippen LogP) is -0.0955. The first-order valence-corrected chi connectivity index (χ1v) is 4.15. The average molecular weight is 191 g/mol. The molecule has 5 nitrogen and oxygen atoms in total. The molecule has 0 spiro atoms. The van der Waals surface area contributed by atoms with E-state index < -0.39 is 17.9 Å². The number of hydrogen-bond acceptors (Lipinski definition) is 3. The molecule has 0 unspecified atom stereocenters. The Kier molecular flexibility index (Phi) is 1.94. The first-order chi connectivity index (χ1) is 6.68. The van der Waals surface area contributed by atoms with Crippen molar-refractivity contribution in [2.24, 2.45) is 5.73 Å². The van der Waals surface area contributed by atoms with E-state index in [-0.39, 0.29) is 0 Å². The number of anilines is 2. The van der Waals surface area contributed by atoms with Crippen LogP contribution in [0.3, 0.4) is 0 Å². The number of nitrogens with one attached hydrogen (secondary N) is 2. The lowest BCUT2D eigenvalue weighted by Crippen LogP contribution is -2.43. The van der Waals surface area contributed by atoms with Gasteiger partial charge in [0.05, 0.1) is 11.4 Å². The monoisotopic (exact) mass is 191 g/mol. The molecule has 0 bridgehead atoms. The van der Waals surface area contributed by atoms with Gasteiger partial charge in [-0.2, -0.15) is 0 Å². The van der Waals surface area contributed by atoms with Gasteiger partial charge in [-0.25, -0.2) is 0 Å². The van der Waals surface area contributed by atoms with Gasteiger partial charge in [0.15, 0.2) is 6.04 Å². The fourth-order valence-corrected chi connectivity index (χ4v) is 1.24. The highest BCUT2D eigenvalue weighted by Crippen LogP contribution is 2.23. The zero-order valence-electron chi connectivity index (χ0n) is 7.28. The lowest BCUT2D eigenvalue weighted by Gasteiger charge is -2.04. The molecule has 5 heteroatoms. The maximum atomic E-state index is 11.3. The number of hydrogen-bond donors (Lipinski definition) is 3. The second-order valence-electron chi connectivity index (χ2n) is 3.00. The highest BCUT2D eigenvalue weighted by atomic mass is 16.2. The highest BCUT2D eigenvalue weighted by Gasteiger charge is 2.26. The van der Waals surface area contributed by atoms with Crippen molar-refractivity contribution in [2.45, 2.75) is 6.04 Å². The van der Waals surface area contributed by atoms with Gasteiger partial charge in [-0.3, -0.25) is 9.59 Å². The van der Waals surface area contributed by atoms with Crippen LogP contribution in [0.15, 0.2) is 24.3 Å². The number of para-hydroxylation sites is 2. The summed E-state index contributed by atoms with van der Waals surface area (Å²) in [5.74, 6) is -0.986. The van der Waals surface area contributed by atoms with Crippen molar-refractivity contribution in [1.29, 1.82) is 0 Å². The fraction of sp³-hybridized carbons (Fsp3) is 0.111. The Bertz CT molecular complexity index is 366. The summed E-state index contributed by atoms with van der Waals surface area (Å²) in [6.07, 6.45) is 0. The van der Waals surface area contributed by atoms with E-state index in [1.165, 1.54) is 0 Å². The molecule has 0 aromatic heterocycles. The molecule has 0 saturated heterocycles. The Labute approximate surface area is 80.3 Å². The van der Waals surface area contributed by atoms with Crippen molar-refractivity contribution in [1.82, 2.24) is 0 Å². The van der Waals surface area contributed by atoms with Crippen LogP contribution in [0.2, 0.25) is 0 Å². The third kappa shape index (κ3) is 1.33. The Morgan fingerprint density at radius 2 is 1.43 bits per heavy atom. The first-order valence-electron chi connectivity index (χ1n) is 4.15. The molecule has 72 valence electrons. The minimum atomic E-state index is -1.15. The maximum Gasteiger partial charge on any atom is 0.251 e. The van der Waals surface area contributed by atoms with Gasteiger partial charge in [0, 0.05) is 0 Å². The Morgan fingerprint density at radius 3 is 1.86 bits per heavy atom. The SMILES string of the molecule is NC1C(=O)Nc2ccccc2NC1=O. The topological polar surface area (TPSA) is 84.2 Å². The third-order valence-corrected chi connectivity index (χ3v) is 2.01. The molecule has 1 aromatic rings. The van der Waals surface area contributed by atoms with Crippen LogP contribution in [0.5, 0.6) is 0 Å². The normalized spacial score (nSPS) is 16.6. The first kappa shape index (κ1) is 8.71. The second-order valence-corrected chi connectivity index (χ2v) is 3.00. The van der Waals surface area contributed by atoms with Gasteiger partial charge < -0.3 is 16.4 Å². The summed E-state index contributed by atoms with van der Waals surface area (Å²) in [5.41, 5.74) is 6.51. The molecule has 0 saturated carbocycles. The van der Waals surface area contributed by atoms with Crippen LogP contribution in [0.1, 0.15) is 0 Å². The van der Waals surface area contributed by atoms with E-state index in [0.29, 0.717) is 11.4 Å². The number of carbonyl (C=O) groups excluding carboxylic acids is 2. The molecule has 0 aliphatic carbocycles. The number of amides is 2. The van der Waals surface area contributed by atoms with E-state index in [1.54, 1.807) is 24.3 Å². The van der Waals surface area contributed by atoms with Crippen molar-refractivity contribution in [2.75, 3.05) is 10.6 Å². The van der Waals surface area contributed by atoms with Crippen LogP contribution >= 0.6 is 0 Å². The number of fused-ring (bicyclic) bond motifs is 1. The minimum Gasteiger partial charge on any atom is -0.322 e. The summed E-state index contributed by atoms with van der Waals surface area (Å²) in [4.78, 5) is 22.6. The van der Waals surface area contributed by atoms with E-state index in [1.807, 2.05) is 0 Å². The Balaban J connectivity index is 2.44. The van der Waals surface area contributed by atoms with Gasteiger partial charge in [0.1, 0.15) is 0 Å². The van der Waals surface area contributed by atoms with Gasteiger partial charge in [-0.1, -0.05) is 12.1 Å². The smallest absolute Gasteiger partial charge is 0.251 e. The van der Waals surface area contributed by atoms with Crippen molar-refractivity contribution in [3.8, 4) is 0 Å². The molecule has 4 N–H and O–H groups in total. The van der Waals surface area contributed by atoms with E-state index in [4.69, 9.17) is 5.73 Å². The van der Waals surface area contributed by atoms with Crippen molar-refractivity contribution >= 4 is 23.2 Å². The number of rotatable bonds is 0. The van der Waals surface area contributed by atoms with Crippen LogP contribution in [0.25, 0.3) is 0 Å². The Morgan fingerprint density at radius 1 is 1.00 bits per heavy atom. The molecular formula is C9H9N3O2. The molecule has 1 heterocycles. The van der Waals surface area contributed by atoms with E-state index >= 15 is 0 Å². The largest absolute Gasteiger partial charge is 0.322 e. The molecule has 1 aromatic carbocycles. The third-order valence-electron chi connectivity index (χ3n) is 2.01. The second kappa shape index (κ2) is 3.12. The van der Waals surface area contributed by atoms with Gasteiger partial charge in [-0.15, -0.1) is 0 Å². The zero-order valence-corrected chi connectivity index (χ0v) is 7.28. The molecule has 1 aliphatic heterocycles. The molecule has 2 rings (SSSR count). The molecule has 0 radical (unpaired) electrons. The summed E-state index contributed by atoms with van der Waals surface area (Å²) in [6, 6.07) is 5.78. The molecule has 14 heavy (non-hydrogen) atoms. The predicted molar refractivity (Wildman–Crippen MR) is 51.7 cm³/mol. The maximum absolute atomic E-state index is 11.3. The highest BCUT2D eigenvalue weighted by molar-refractivity contribution is 6.18. The summed E-state index contributed by atoms with van der Waals surface area (Å²) < 4.78 is 0. The van der Waals surface area contributed by atoms with Gasteiger partial charge in [-0.05, 0) is 12.1 Å².